The normalized spacial score (nSPS) is 12.4. The number of ether oxygens (including phenoxy) is 1. The van der Waals surface area contributed by atoms with Gasteiger partial charge >= 0.3 is 0 Å². The lowest BCUT2D eigenvalue weighted by Gasteiger charge is -2.14. The molecule has 35 heavy (non-hydrogen) atoms. The molecule has 0 saturated carbocycles. The zero-order valence-corrected chi connectivity index (χ0v) is 19.0. The molecular weight excluding hydrogens is 442 g/mol. The van der Waals surface area contributed by atoms with E-state index in [1.54, 1.807) is 24.9 Å². The number of rotatable bonds is 7. The number of hydrogen-bond donors (Lipinski definition) is 3. The number of fused-ring (bicyclic) bond motifs is 2. The Morgan fingerprint density at radius 1 is 1.14 bits per heavy atom. The number of benzene rings is 1. The van der Waals surface area contributed by atoms with Crippen molar-refractivity contribution in [3.05, 3.63) is 78.8 Å². The summed E-state index contributed by atoms with van der Waals surface area (Å²) in [6, 6.07) is 11.8. The van der Waals surface area contributed by atoms with E-state index in [2.05, 4.69) is 37.3 Å². The van der Waals surface area contributed by atoms with Crippen molar-refractivity contribution in [2.75, 3.05) is 6.61 Å². The molecule has 6 aromatic rings. The second kappa shape index (κ2) is 8.69. The summed E-state index contributed by atoms with van der Waals surface area (Å²) in [5.74, 6) is 1.12. The Kier molecular flexibility index (Phi) is 5.23. The van der Waals surface area contributed by atoms with Crippen molar-refractivity contribution in [2.45, 2.75) is 19.4 Å². The third-order valence-electron chi connectivity index (χ3n) is 5.99. The van der Waals surface area contributed by atoms with Gasteiger partial charge in [-0.3, -0.25) is 10.1 Å². The van der Waals surface area contributed by atoms with Gasteiger partial charge in [0.15, 0.2) is 5.82 Å². The van der Waals surface area contributed by atoms with Crippen molar-refractivity contribution < 1.29 is 9.15 Å². The minimum Gasteiger partial charge on any atom is -0.490 e. The summed E-state index contributed by atoms with van der Waals surface area (Å²) in [6.45, 7) is 2.27. The molecule has 5 aromatic heterocycles. The minimum atomic E-state index is -0.188. The first-order valence-electron chi connectivity index (χ1n) is 11.3. The maximum atomic E-state index is 6.42. The molecular formula is C26H23N7O2. The molecule has 174 valence electrons. The number of hydrogen-bond acceptors (Lipinski definition) is 7. The highest BCUT2D eigenvalue weighted by molar-refractivity contribution is 5.83. The van der Waals surface area contributed by atoms with Crippen LogP contribution in [0.1, 0.15) is 11.3 Å². The summed E-state index contributed by atoms with van der Waals surface area (Å²) in [6.07, 6.45) is 9.34. The van der Waals surface area contributed by atoms with Crippen LogP contribution in [-0.2, 0) is 6.42 Å². The fraction of sp³-hybridized carbons (Fsp3) is 0.154. The molecule has 4 N–H and O–H groups in total. The number of nitrogens with two attached hydrogens (primary N) is 1. The molecule has 0 radical (unpaired) electrons. The van der Waals surface area contributed by atoms with Crippen molar-refractivity contribution >= 4 is 21.9 Å². The van der Waals surface area contributed by atoms with Gasteiger partial charge < -0.3 is 19.9 Å². The first-order valence-corrected chi connectivity index (χ1v) is 11.3. The van der Waals surface area contributed by atoms with Gasteiger partial charge in [0.2, 0.25) is 0 Å². The zero-order chi connectivity index (χ0) is 23.8. The largest absolute Gasteiger partial charge is 0.490 e. The van der Waals surface area contributed by atoms with Crippen LogP contribution < -0.4 is 10.5 Å². The average molecular weight is 466 g/mol. The Hall–Kier alpha value is -4.50. The molecule has 0 amide bonds. The van der Waals surface area contributed by atoms with E-state index in [1.807, 2.05) is 37.4 Å². The number of nitrogens with zero attached hydrogens (tertiary/aromatic N) is 4. The highest BCUT2D eigenvalue weighted by atomic mass is 16.5. The van der Waals surface area contributed by atoms with Crippen LogP contribution in [0.25, 0.3) is 44.6 Å². The SMILES string of the molecule is Cc1[nH]nc2cnc(-c3cc(OCC(N)Cc4c[nH]c5ccccc45)cnc3-c3ccoc3)nc12. The van der Waals surface area contributed by atoms with Gasteiger partial charge in [-0.1, -0.05) is 18.2 Å². The fourth-order valence-electron chi connectivity index (χ4n) is 4.23. The Labute approximate surface area is 200 Å². The quantitative estimate of drug-likeness (QED) is 0.318. The number of pyridine rings is 1. The van der Waals surface area contributed by atoms with Crippen LogP contribution in [-0.4, -0.2) is 42.8 Å². The molecule has 1 unspecified atom stereocenters. The van der Waals surface area contributed by atoms with E-state index in [0.717, 1.165) is 27.9 Å². The van der Waals surface area contributed by atoms with E-state index in [9.17, 15) is 0 Å². The van der Waals surface area contributed by atoms with Crippen molar-refractivity contribution in [1.82, 2.24) is 30.1 Å². The zero-order valence-electron chi connectivity index (χ0n) is 19.0. The van der Waals surface area contributed by atoms with E-state index < -0.39 is 0 Å². The predicted molar refractivity (Wildman–Crippen MR) is 133 cm³/mol. The average Bonchev–Trinajstić information content (AvgIpc) is 3.64. The van der Waals surface area contributed by atoms with Gasteiger partial charge in [0, 0.05) is 34.3 Å². The van der Waals surface area contributed by atoms with E-state index >= 15 is 0 Å². The molecule has 0 fully saturated rings. The molecule has 1 aromatic carbocycles. The van der Waals surface area contributed by atoms with E-state index in [1.165, 1.54) is 10.9 Å². The molecule has 6 rings (SSSR count). The first kappa shape index (κ1) is 21.1. The van der Waals surface area contributed by atoms with Crippen LogP contribution in [0, 0.1) is 6.92 Å². The molecule has 0 aliphatic carbocycles. The van der Waals surface area contributed by atoms with Gasteiger partial charge in [-0.15, -0.1) is 0 Å². The van der Waals surface area contributed by atoms with Crippen LogP contribution in [0.15, 0.2) is 71.9 Å². The lowest BCUT2D eigenvalue weighted by atomic mass is 10.1. The van der Waals surface area contributed by atoms with Crippen LogP contribution in [0.2, 0.25) is 0 Å². The summed E-state index contributed by atoms with van der Waals surface area (Å²) in [7, 11) is 0. The van der Waals surface area contributed by atoms with Gasteiger partial charge in [0.1, 0.15) is 23.4 Å². The van der Waals surface area contributed by atoms with Gasteiger partial charge in [-0.25, -0.2) is 9.97 Å². The summed E-state index contributed by atoms with van der Waals surface area (Å²) in [4.78, 5) is 17.2. The van der Waals surface area contributed by atoms with E-state index in [0.29, 0.717) is 35.8 Å². The second-order valence-electron chi connectivity index (χ2n) is 8.49. The Balaban J connectivity index is 1.27. The third-order valence-corrected chi connectivity index (χ3v) is 5.99. The van der Waals surface area contributed by atoms with Crippen LogP contribution in [0.5, 0.6) is 5.75 Å². The number of furan rings is 1. The van der Waals surface area contributed by atoms with Crippen LogP contribution in [0.3, 0.4) is 0 Å². The van der Waals surface area contributed by atoms with Crippen LogP contribution >= 0.6 is 0 Å². The molecule has 9 heteroatoms. The third kappa shape index (κ3) is 4.02. The van der Waals surface area contributed by atoms with E-state index in [-0.39, 0.29) is 6.04 Å². The maximum Gasteiger partial charge on any atom is 0.162 e. The van der Waals surface area contributed by atoms with Gasteiger partial charge in [0.05, 0.1) is 36.3 Å². The molecule has 0 spiro atoms. The molecule has 0 aliphatic heterocycles. The van der Waals surface area contributed by atoms with Gasteiger partial charge in [-0.05, 0) is 37.1 Å². The monoisotopic (exact) mass is 465 g/mol. The van der Waals surface area contributed by atoms with Crippen molar-refractivity contribution in [3.8, 4) is 28.4 Å². The number of para-hydroxylation sites is 1. The Morgan fingerprint density at radius 3 is 2.94 bits per heavy atom. The fourth-order valence-corrected chi connectivity index (χ4v) is 4.23. The molecule has 0 saturated heterocycles. The number of aromatic nitrogens is 6. The van der Waals surface area contributed by atoms with Gasteiger partial charge in [0.25, 0.3) is 0 Å². The number of aryl methyl sites for hydroxylation is 1. The van der Waals surface area contributed by atoms with Crippen molar-refractivity contribution in [3.63, 3.8) is 0 Å². The summed E-state index contributed by atoms with van der Waals surface area (Å²) < 4.78 is 11.3. The lowest BCUT2D eigenvalue weighted by Crippen LogP contribution is -2.30. The smallest absolute Gasteiger partial charge is 0.162 e. The van der Waals surface area contributed by atoms with Gasteiger partial charge in [-0.2, -0.15) is 5.10 Å². The molecule has 5 heterocycles. The Morgan fingerprint density at radius 2 is 2.06 bits per heavy atom. The van der Waals surface area contributed by atoms with Crippen LogP contribution in [0.4, 0.5) is 0 Å². The van der Waals surface area contributed by atoms with E-state index in [4.69, 9.17) is 19.9 Å². The Bertz CT molecular complexity index is 1620. The van der Waals surface area contributed by atoms with Crippen molar-refractivity contribution in [2.24, 2.45) is 5.73 Å². The summed E-state index contributed by atoms with van der Waals surface area (Å²) in [5.41, 5.74) is 13.3. The number of nitrogens with one attached hydrogen (secondary N) is 2. The second-order valence-corrected chi connectivity index (χ2v) is 8.49. The number of H-pyrrole nitrogens is 2. The first-order chi connectivity index (χ1) is 17.2. The molecule has 1 atom stereocenters. The lowest BCUT2D eigenvalue weighted by molar-refractivity contribution is 0.287. The van der Waals surface area contributed by atoms with Crippen molar-refractivity contribution in [1.29, 1.82) is 0 Å². The maximum absolute atomic E-state index is 6.42. The molecule has 0 aliphatic rings. The highest BCUT2D eigenvalue weighted by Crippen LogP contribution is 2.32. The number of aromatic amines is 2. The summed E-state index contributed by atoms with van der Waals surface area (Å²) >= 11 is 0. The predicted octanol–water partition coefficient (Wildman–Crippen LogP) is 4.41. The highest BCUT2D eigenvalue weighted by Gasteiger charge is 2.17. The summed E-state index contributed by atoms with van der Waals surface area (Å²) in [5, 5.41) is 8.35. The standard InChI is InChI=1S/C26H23N7O2/c1-15-24-23(33-32-15)12-30-26(31-24)21-9-19(11-29-25(21)16-6-7-34-13-16)35-14-18(27)8-17-10-28-22-5-3-2-4-20(17)22/h2-7,9-13,18,28H,8,14,27H2,1H3,(H,32,33). The minimum absolute atomic E-state index is 0.188. The molecule has 9 nitrogen and oxygen atoms in total. The molecule has 0 bridgehead atoms. The topological polar surface area (TPSA) is 132 Å².